The number of carbonyl (C=O) groups is 1. The van der Waals surface area contributed by atoms with Crippen LogP contribution in [0.2, 0.25) is 0 Å². The lowest BCUT2D eigenvalue weighted by Crippen LogP contribution is -2.43. The number of aldehydes is 1. The standard InChI is InChI=1S/C13H17FN2O/c1-15-4-6-16(7-5-15)9-11-2-3-13(14)12(8-11)10-17/h2-3,8,10H,4-7,9H2,1H3. The van der Waals surface area contributed by atoms with Crippen molar-refractivity contribution in [1.82, 2.24) is 9.80 Å². The lowest BCUT2D eigenvalue weighted by Gasteiger charge is -2.32. The third kappa shape index (κ3) is 3.11. The zero-order valence-electron chi connectivity index (χ0n) is 10.0. The monoisotopic (exact) mass is 236 g/mol. The second-order valence-corrected chi connectivity index (χ2v) is 4.55. The predicted molar refractivity (Wildman–Crippen MR) is 64.6 cm³/mol. The van der Waals surface area contributed by atoms with Crippen molar-refractivity contribution in [1.29, 1.82) is 0 Å². The highest BCUT2D eigenvalue weighted by Gasteiger charge is 2.14. The molecule has 1 heterocycles. The average Bonchev–Trinajstić information content (AvgIpc) is 2.34. The normalized spacial score (nSPS) is 18.2. The summed E-state index contributed by atoms with van der Waals surface area (Å²) in [6.07, 6.45) is 0.572. The van der Waals surface area contributed by atoms with E-state index >= 15 is 0 Å². The van der Waals surface area contributed by atoms with Crippen LogP contribution < -0.4 is 0 Å². The van der Waals surface area contributed by atoms with Crippen LogP contribution in [0.5, 0.6) is 0 Å². The third-order valence-corrected chi connectivity index (χ3v) is 3.19. The van der Waals surface area contributed by atoms with Gasteiger partial charge >= 0.3 is 0 Å². The fraction of sp³-hybridized carbons (Fsp3) is 0.462. The second-order valence-electron chi connectivity index (χ2n) is 4.55. The van der Waals surface area contributed by atoms with E-state index in [1.165, 1.54) is 6.07 Å². The van der Waals surface area contributed by atoms with Gasteiger partial charge in [0.1, 0.15) is 5.82 Å². The molecule has 92 valence electrons. The van der Waals surface area contributed by atoms with Gasteiger partial charge in [-0.2, -0.15) is 0 Å². The Labute approximate surface area is 101 Å². The van der Waals surface area contributed by atoms with Gasteiger partial charge in [0.15, 0.2) is 6.29 Å². The molecular formula is C13H17FN2O. The maximum atomic E-state index is 13.1. The van der Waals surface area contributed by atoms with Gasteiger partial charge in [-0.3, -0.25) is 9.69 Å². The van der Waals surface area contributed by atoms with Crippen LogP contribution in [-0.4, -0.2) is 49.3 Å². The molecule has 17 heavy (non-hydrogen) atoms. The Morgan fingerprint density at radius 2 is 2.00 bits per heavy atom. The maximum absolute atomic E-state index is 13.1. The number of piperazine rings is 1. The zero-order chi connectivity index (χ0) is 12.3. The van der Waals surface area contributed by atoms with E-state index in [1.807, 2.05) is 0 Å². The SMILES string of the molecule is CN1CCN(Cc2ccc(F)c(C=O)c2)CC1. The minimum Gasteiger partial charge on any atom is -0.304 e. The first-order valence-electron chi connectivity index (χ1n) is 5.83. The van der Waals surface area contributed by atoms with Gasteiger partial charge in [0, 0.05) is 32.7 Å². The highest BCUT2D eigenvalue weighted by Crippen LogP contribution is 2.12. The molecule has 0 radical (unpaired) electrons. The number of halogens is 1. The van der Waals surface area contributed by atoms with Crippen molar-refractivity contribution in [3.63, 3.8) is 0 Å². The topological polar surface area (TPSA) is 23.6 Å². The van der Waals surface area contributed by atoms with Crippen molar-refractivity contribution < 1.29 is 9.18 Å². The van der Waals surface area contributed by atoms with E-state index < -0.39 is 5.82 Å². The molecule has 0 atom stereocenters. The summed E-state index contributed by atoms with van der Waals surface area (Å²) in [6.45, 7) is 4.94. The summed E-state index contributed by atoms with van der Waals surface area (Å²) in [4.78, 5) is 15.3. The number of carbonyl (C=O) groups excluding carboxylic acids is 1. The van der Waals surface area contributed by atoms with E-state index in [0.717, 1.165) is 38.3 Å². The summed E-state index contributed by atoms with van der Waals surface area (Å²) >= 11 is 0. The van der Waals surface area contributed by atoms with Crippen LogP contribution in [0.3, 0.4) is 0 Å². The quantitative estimate of drug-likeness (QED) is 0.741. The van der Waals surface area contributed by atoms with Gasteiger partial charge in [0.05, 0.1) is 5.56 Å². The van der Waals surface area contributed by atoms with E-state index in [2.05, 4.69) is 16.8 Å². The average molecular weight is 236 g/mol. The van der Waals surface area contributed by atoms with Crippen molar-refractivity contribution in [2.24, 2.45) is 0 Å². The molecule has 0 saturated carbocycles. The van der Waals surface area contributed by atoms with E-state index in [4.69, 9.17) is 0 Å². The van der Waals surface area contributed by atoms with Crippen LogP contribution in [0.4, 0.5) is 4.39 Å². The first-order valence-corrected chi connectivity index (χ1v) is 5.83. The molecule has 0 aliphatic carbocycles. The van der Waals surface area contributed by atoms with Crippen molar-refractivity contribution in [3.05, 3.63) is 35.1 Å². The molecule has 0 aromatic heterocycles. The fourth-order valence-electron chi connectivity index (χ4n) is 2.05. The molecule has 1 aliphatic heterocycles. The van der Waals surface area contributed by atoms with Gasteiger partial charge in [-0.25, -0.2) is 4.39 Å². The summed E-state index contributed by atoms with van der Waals surface area (Å²) < 4.78 is 13.1. The summed E-state index contributed by atoms with van der Waals surface area (Å²) in [5.74, 6) is -0.442. The largest absolute Gasteiger partial charge is 0.304 e. The molecule has 4 heteroatoms. The summed E-state index contributed by atoms with van der Waals surface area (Å²) in [5, 5.41) is 0. The van der Waals surface area contributed by atoms with Crippen molar-refractivity contribution in [2.45, 2.75) is 6.54 Å². The number of rotatable bonds is 3. The fourth-order valence-corrected chi connectivity index (χ4v) is 2.05. The van der Waals surface area contributed by atoms with Crippen LogP contribution in [0.1, 0.15) is 15.9 Å². The van der Waals surface area contributed by atoms with Crippen molar-refractivity contribution in [2.75, 3.05) is 33.2 Å². The molecule has 0 spiro atoms. The lowest BCUT2D eigenvalue weighted by molar-refractivity contribution is 0.111. The summed E-state index contributed by atoms with van der Waals surface area (Å²) in [6, 6.07) is 4.76. The smallest absolute Gasteiger partial charge is 0.153 e. The van der Waals surface area contributed by atoms with Crippen LogP contribution in [0, 0.1) is 5.82 Å². The molecule has 1 aromatic carbocycles. The Morgan fingerprint density at radius 1 is 1.29 bits per heavy atom. The van der Waals surface area contributed by atoms with Crippen LogP contribution in [0.25, 0.3) is 0 Å². The Hall–Kier alpha value is -1.26. The third-order valence-electron chi connectivity index (χ3n) is 3.19. The Morgan fingerprint density at radius 3 is 2.65 bits per heavy atom. The first kappa shape index (κ1) is 12.2. The van der Waals surface area contributed by atoms with E-state index in [1.54, 1.807) is 12.1 Å². The highest BCUT2D eigenvalue weighted by molar-refractivity contribution is 5.75. The Bertz CT molecular complexity index is 400. The number of nitrogens with zero attached hydrogens (tertiary/aromatic N) is 2. The molecule has 2 rings (SSSR count). The van der Waals surface area contributed by atoms with E-state index in [0.29, 0.717) is 6.29 Å². The van der Waals surface area contributed by atoms with Crippen LogP contribution in [-0.2, 0) is 6.54 Å². The van der Waals surface area contributed by atoms with Gasteiger partial charge in [0.25, 0.3) is 0 Å². The highest BCUT2D eigenvalue weighted by atomic mass is 19.1. The molecule has 0 unspecified atom stereocenters. The summed E-state index contributed by atoms with van der Waals surface area (Å²) in [5.41, 5.74) is 1.15. The predicted octanol–water partition coefficient (Wildman–Crippen LogP) is 1.39. The number of hydrogen-bond acceptors (Lipinski definition) is 3. The maximum Gasteiger partial charge on any atom is 0.153 e. The molecule has 0 bridgehead atoms. The molecule has 1 fully saturated rings. The van der Waals surface area contributed by atoms with Gasteiger partial charge in [-0.15, -0.1) is 0 Å². The van der Waals surface area contributed by atoms with Crippen LogP contribution in [0.15, 0.2) is 18.2 Å². The first-order chi connectivity index (χ1) is 8.19. The van der Waals surface area contributed by atoms with Gasteiger partial charge in [-0.05, 0) is 24.7 Å². The van der Waals surface area contributed by atoms with E-state index in [9.17, 15) is 9.18 Å². The Kier molecular flexibility index (Phi) is 3.86. The second kappa shape index (κ2) is 5.38. The number of benzene rings is 1. The molecule has 0 N–H and O–H groups in total. The summed E-state index contributed by atoms with van der Waals surface area (Å²) in [7, 11) is 2.11. The molecule has 1 aliphatic rings. The zero-order valence-corrected chi connectivity index (χ0v) is 10.0. The molecule has 0 amide bonds. The van der Waals surface area contributed by atoms with Gasteiger partial charge in [-0.1, -0.05) is 6.07 Å². The molecule has 1 aromatic rings. The number of likely N-dealkylation sites (N-methyl/N-ethyl adjacent to an activating group) is 1. The van der Waals surface area contributed by atoms with Crippen molar-refractivity contribution >= 4 is 6.29 Å². The van der Waals surface area contributed by atoms with Gasteiger partial charge in [0.2, 0.25) is 0 Å². The molecule has 1 saturated heterocycles. The minimum absolute atomic E-state index is 0.150. The molecular weight excluding hydrogens is 219 g/mol. The lowest BCUT2D eigenvalue weighted by atomic mass is 10.1. The van der Waals surface area contributed by atoms with Crippen molar-refractivity contribution in [3.8, 4) is 0 Å². The molecule has 3 nitrogen and oxygen atoms in total. The minimum atomic E-state index is -0.442. The van der Waals surface area contributed by atoms with Crippen LogP contribution >= 0.6 is 0 Å². The Balaban J connectivity index is 2.01. The van der Waals surface area contributed by atoms with E-state index in [-0.39, 0.29) is 5.56 Å². The van der Waals surface area contributed by atoms with Gasteiger partial charge < -0.3 is 4.90 Å². The number of hydrogen-bond donors (Lipinski definition) is 0.